The van der Waals surface area contributed by atoms with Crippen LogP contribution in [0.3, 0.4) is 0 Å². The Morgan fingerprint density at radius 1 is 1.08 bits per heavy atom. The molecule has 0 saturated heterocycles. The number of hydrogen-bond acceptors (Lipinski definition) is 5. The molecule has 0 aliphatic heterocycles. The predicted molar refractivity (Wildman–Crippen MR) is 91.8 cm³/mol. The van der Waals surface area contributed by atoms with Gasteiger partial charge < -0.3 is 4.74 Å². The van der Waals surface area contributed by atoms with Crippen LogP contribution in [0.5, 0.6) is 5.75 Å². The summed E-state index contributed by atoms with van der Waals surface area (Å²) >= 11 is 5.86. The average molecular weight is 378 g/mol. The Kier molecular flexibility index (Phi) is 4.58. The van der Waals surface area contributed by atoms with Gasteiger partial charge in [-0.3, -0.25) is 5.10 Å². The third-order valence-electron chi connectivity index (χ3n) is 3.36. The number of nitrogens with zero attached hydrogens (tertiary/aromatic N) is 1. The van der Waals surface area contributed by atoms with Gasteiger partial charge in [0.25, 0.3) is 0 Å². The van der Waals surface area contributed by atoms with Gasteiger partial charge in [0, 0.05) is 10.6 Å². The Morgan fingerprint density at radius 2 is 1.72 bits per heavy atom. The number of nitrogens with two attached hydrogens (primary N) is 1. The highest BCUT2D eigenvalue weighted by Gasteiger charge is 2.18. The molecule has 0 spiro atoms. The van der Waals surface area contributed by atoms with Gasteiger partial charge in [-0.2, -0.15) is 5.10 Å². The van der Waals surface area contributed by atoms with Gasteiger partial charge in [-0.25, -0.2) is 18.4 Å². The lowest BCUT2D eigenvalue weighted by Gasteiger charge is -2.06. The first kappa shape index (κ1) is 17.2. The van der Waals surface area contributed by atoms with Crippen molar-refractivity contribution in [2.45, 2.75) is 4.90 Å². The van der Waals surface area contributed by atoms with E-state index in [4.69, 9.17) is 21.5 Å². The van der Waals surface area contributed by atoms with Crippen LogP contribution in [-0.2, 0) is 10.0 Å². The van der Waals surface area contributed by atoms with Gasteiger partial charge in [0.1, 0.15) is 5.75 Å². The minimum atomic E-state index is -3.80. The average Bonchev–Trinajstić information content (AvgIpc) is 3.05. The second kappa shape index (κ2) is 6.67. The molecule has 0 amide bonds. The molecule has 0 aliphatic carbocycles. The van der Waals surface area contributed by atoms with E-state index in [9.17, 15) is 13.2 Å². The summed E-state index contributed by atoms with van der Waals surface area (Å²) in [5.41, 5.74) is 1.47. The first-order chi connectivity index (χ1) is 11.8. The number of halogens is 1. The second-order valence-electron chi connectivity index (χ2n) is 5.07. The van der Waals surface area contributed by atoms with Crippen LogP contribution in [-0.4, -0.2) is 24.6 Å². The SMILES string of the molecule is NS(=O)(=O)c1ccc(OC(=O)c2[nH]ncc2-c2ccc(Cl)cc2)cc1. The van der Waals surface area contributed by atoms with Gasteiger partial charge >= 0.3 is 5.97 Å². The lowest BCUT2D eigenvalue weighted by Crippen LogP contribution is -2.13. The Balaban J connectivity index is 1.83. The summed E-state index contributed by atoms with van der Waals surface area (Å²) in [5.74, 6) is -0.486. The number of primary sulfonamides is 1. The molecule has 0 fully saturated rings. The van der Waals surface area contributed by atoms with E-state index in [0.29, 0.717) is 10.6 Å². The Labute approximate surface area is 148 Å². The van der Waals surface area contributed by atoms with Gasteiger partial charge in [0.2, 0.25) is 10.0 Å². The number of carbonyl (C=O) groups is 1. The van der Waals surface area contributed by atoms with Crippen molar-refractivity contribution >= 4 is 27.6 Å². The van der Waals surface area contributed by atoms with Crippen LogP contribution in [0.2, 0.25) is 5.02 Å². The largest absolute Gasteiger partial charge is 0.422 e. The van der Waals surface area contributed by atoms with Crippen molar-refractivity contribution in [3.63, 3.8) is 0 Å². The monoisotopic (exact) mass is 377 g/mol. The first-order valence-electron chi connectivity index (χ1n) is 6.99. The molecule has 3 N–H and O–H groups in total. The lowest BCUT2D eigenvalue weighted by molar-refractivity contribution is 0.0729. The van der Waals surface area contributed by atoms with E-state index in [1.54, 1.807) is 24.3 Å². The number of hydrogen-bond donors (Lipinski definition) is 2. The van der Waals surface area contributed by atoms with Crippen LogP contribution in [0.25, 0.3) is 11.1 Å². The minimum Gasteiger partial charge on any atom is -0.422 e. The molecule has 2 aromatic carbocycles. The third kappa shape index (κ3) is 3.87. The molecular formula is C16H12ClN3O4S. The fourth-order valence-electron chi connectivity index (χ4n) is 2.15. The summed E-state index contributed by atoms with van der Waals surface area (Å²) in [6.45, 7) is 0. The number of ether oxygens (including phenoxy) is 1. The van der Waals surface area contributed by atoms with E-state index in [-0.39, 0.29) is 16.3 Å². The van der Waals surface area contributed by atoms with Crippen LogP contribution in [0, 0.1) is 0 Å². The van der Waals surface area contributed by atoms with Crippen LogP contribution in [0.1, 0.15) is 10.5 Å². The topological polar surface area (TPSA) is 115 Å². The van der Waals surface area contributed by atoms with Gasteiger partial charge in [-0.1, -0.05) is 23.7 Å². The molecule has 25 heavy (non-hydrogen) atoms. The van der Waals surface area contributed by atoms with E-state index in [1.807, 2.05) is 0 Å². The number of nitrogens with one attached hydrogen (secondary N) is 1. The zero-order chi connectivity index (χ0) is 18.0. The van der Waals surface area contributed by atoms with E-state index in [0.717, 1.165) is 5.56 Å². The van der Waals surface area contributed by atoms with E-state index < -0.39 is 16.0 Å². The van der Waals surface area contributed by atoms with E-state index in [2.05, 4.69) is 10.2 Å². The summed E-state index contributed by atoms with van der Waals surface area (Å²) in [5, 5.41) is 12.1. The second-order valence-corrected chi connectivity index (χ2v) is 7.07. The summed E-state index contributed by atoms with van der Waals surface area (Å²) in [7, 11) is -3.80. The van der Waals surface area contributed by atoms with Gasteiger partial charge in [-0.05, 0) is 42.0 Å². The maximum absolute atomic E-state index is 12.4. The highest BCUT2D eigenvalue weighted by molar-refractivity contribution is 7.89. The molecule has 1 aromatic heterocycles. The van der Waals surface area contributed by atoms with Gasteiger partial charge in [-0.15, -0.1) is 0 Å². The summed E-state index contributed by atoms with van der Waals surface area (Å²) < 4.78 is 27.7. The number of H-pyrrole nitrogens is 1. The maximum Gasteiger partial charge on any atom is 0.362 e. The fourth-order valence-corrected chi connectivity index (χ4v) is 2.79. The lowest BCUT2D eigenvalue weighted by atomic mass is 10.1. The van der Waals surface area contributed by atoms with Crippen molar-refractivity contribution in [1.29, 1.82) is 0 Å². The molecular weight excluding hydrogens is 366 g/mol. The Morgan fingerprint density at radius 3 is 2.32 bits per heavy atom. The van der Waals surface area contributed by atoms with Crippen molar-refractivity contribution in [3.05, 3.63) is 65.4 Å². The van der Waals surface area contributed by atoms with Crippen molar-refractivity contribution in [3.8, 4) is 16.9 Å². The number of sulfonamides is 1. The molecule has 3 rings (SSSR count). The fraction of sp³-hybridized carbons (Fsp3) is 0. The molecule has 0 unspecified atom stereocenters. The van der Waals surface area contributed by atoms with Crippen molar-refractivity contribution in [1.82, 2.24) is 10.2 Å². The molecule has 0 atom stereocenters. The normalized spacial score (nSPS) is 11.3. The zero-order valence-corrected chi connectivity index (χ0v) is 14.2. The standard InChI is InChI=1S/C16H12ClN3O4S/c17-11-3-1-10(2-4-11)14-9-19-20-15(14)16(21)24-12-5-7-13(8-6-12)25(18,22)23/h1-9H,(H,19,20)(H2,18,22,23). The minimum absolute atomic E-state index is 0.0734. The Hall–Kier alpha value is -2.68. The van der Waals surface area contributed by atoms with Crippen LogP contribution >= 0.6 is 11.6 Å². The van der Waals surface area contributed by atoms with Crippen LogP contribution in [0.15, 0.2) is 59.6 Å². The van der Waals surface area contributed by atoms with Crippen LogP contribution < -0.4 is 9.88 Å². The quantitative estimate of drug-likeness (QED) is 0.535. The molecule has 128 valence electrons. The molecule has 0 radical (unpaired) electrons. The highest BCUT2D eigenvalue weighted by Crippen LogP contribution is 2.25. The van der Waals surface area contributed by atoms with Crippen molar-refractivity contribution < 1.29 is 17.9 Å². The number of rotatable bonds is 4. The number of carbonyl (C=O) groups excluding carboxylic acids is 1. The summed E-state index contributed by atoms with van der Waals surface area (Å²) in [4.78, 5) is 12.3. The molecule has 7 nitrogen and oxygen atoms in total. The number of esters is 1. The molecule has 0 aliphatic rings. The van der Waals surface area contributed by atoms with E-state index in [1.165, 1.54) is 30.5 Å². The third-order valence-corrected chi connectivity index (χ3v) is 4.54. The summed E-state index contributed by atoms with van der Waals surface area (Å²) in [6.07, 6.45) is 1.50. The molecule has 3 aromatic rings. The van der Waals surface area contributed by atoms with Gasteiger partial charge in [0.05, 0.1) is 11.1 Å². The molecule has 1 heterocycles. The number of benzene rings is 2. The molecule has 0 bridgehead atoms. The highest BCUT2D eigenvalue weighted by atomic mass is 35.5. The predicted octanol–water partition coefficient (Wildman–Crippen LogP) is 2.60. The van der Waals surface area contributed by atoms with Crippen molar-refractivity contribution in [2.24, 2.45) is 5.14 Å². The van der Waals surface area contributed by atoms with E-state index >= 15 is 0 Å². The smallest absolute Gasteiger partial charge is 0.362 e. The first-order valence-corrected chi connectivity index (χ1v) is 8.91. The Bertz CT molecular complexity index is 1010. The maximum atomic E-state index is 12.4. The molecule has 0 saturated carbocycles. The summed E-state index contributed by atoms with van der Waals surface area (Å²) in [6, 6.07) is 12.1. The molecule has 9 heteroatoms. The van der Waals surface area contributed by atoms with Crippen molar-refractivity contribution in [2.75, 3.05) is 0 Å². The zero-order valence-electron chi connectivity index (χ0n) is 12.6. The van der Waals surface area contributed by atoms with Crippen LogP contribution in [0.4, 0.5) is 0 Å². The van der Waals surface area contributed by atoms with Gasteiger partial charge in [0.15, 0.2) is 5.69 Å². The number of aromatic nitrogens is 2. The number of aromatic amines is 1.